The van der Waals surface area contributed by atoms with Gasteiger partial charge in [0.05, 0.1) is 7.11 Å². The van der Waals surface area contributed by atoms with Gasteiger partial charge in [0.25, 0.3) is 0 Å². The number of carbonyl (C=O) groups is 1. The third kappa shape index (κ3) is 5.43. The lowest BCUT2D eigenvalue weighted by molar-refractivity contribution is 0.177. The van der Waals surface area contributed by atoms with Gasteiger partial charge in [-0.2, -0.15) is 0 Å². The maximum absolute atomic E-state index is 11.9. The van der Waals surface area contributed by atoms with Gasteiger partial charge >= 0.3 is 6.03 Å². The molecule has 0 aliphatic heterocycles. The summed E-state index contributed by atoms with van der Waals surface area (Å²) in [4.78, 5) is 11.9. The second-order valence-electron chi connectivity index (χ2n) is 4.93. The topological polar surface area (TPSA) is 79.8 Å². The largest absolute Gasteiger partial charge is 0.508 e. The molecule has 1 unspecified atom stereocenters. The second kappa shape index (κ2) is 7.93. The standard InChI is InChI=1S/C17H20N2O4/c1-12(23-15-8-6-14(20)7-9-15)19-17(21)18-11-13-4-3-5-16(10-13)22-2/h3-10,12,20H,11H2,1-2H3,(H2,18,19,21). The molecule has 6 nitrogen and oxygen atoms in total. The van der Waals surface area contributed by atoms with Crippen LogP contribution in [-0.2, 0) is 6.54 Å². The van der Waals surface area contributed by atoms with Crippen LogP contribution in [0.2, 0.25) is 0 Å². The van der Waals surface area contributed by atoms with Crippen molar-refractivity contribution >= 4 is 6.03 Å². The summed E-state index contributed by atoms with van der Waals surface area (Å²) in [6.07, 6.45) is -0.509. The summed E-state index contributed by atoms with van der Waals surface area (Å²) in [5.41, 5.74) is 0.937. The molecular formula is C17H20N2O4. The molecule has 2 aromatic carbocycles. The zero-order chi connectivity index (χ0) is 16.7. The first kappa shape index (κ1) is 16.5. The van der Waals surface area contributed by atoms with Gasteiger partial charge in [0.15, 0.2) is 6.23 Å². The molecule has 3 N–H and O–H groups in total. The van der Waals surface area contributed by atoms with Crippen molar-refractivity contribution in [2.45, 2.75) is 19.7 Å². The van der Waals surface area contributed by atoms with Crippen molar-refractivity contribution in [3.63, 3.8) is 0 Å². The molecule has 0 saturated heterocycles. The smallest absolute Gasteiger partial charge is 0.317 e. The Kier molecular flexibility index (Phi) is 5.68. The maximum atomic E-state index is 11.9. The van der Waals surface area contributed by atoms with E-state index in [0.717, 1.165) is 11.3 Å². The van der Waals surface area contributed by atoms with Crippen LogP contribution in [0, 0.1) is 0 Å². The lowest BCUT2D eigenvalue weighted by Gasteiger charge is -2.17. The highest BCUT2D eigenvalue weighted by Gasteiger charge is 2.08. The molecular weight excluding hydrogens is 296 g/mol. The average molecular weight is 316 g/mol. The monoisotopic (exact) mass is 316 g/mol. The first-order valence-corrected chi connectivity index (χ1v) is 7.20. The predicted octanol–water partition coefficient (Wildman–Crippen LogP) is 2.63. The van der Waals surface area contributed by atoms with Crippen LogP contribution >= 0.6 is 0 Å². The second-order valence-corrected chi connectivity index (χ2v) is 4.93. The Morgan fingerprint density at radius 3 is 2.61 bits per heavy atom. The molecule has 1 atom stereocenters. The fourth-order valence-corrected chi connectivity index (χ4v) is 1.96. The van der Waals surface area contributed by atoms with Crippen LogP contribution in [0.3, 0.4) is 0 Å². The Hall–Kier alpha value is -2.89. The predicted molar refractivity (Wildman–Crippen MR) is 86.6 cm³/mol. The number of methoxy groups -OCH3 is 1. The number of hydrogen-bond acceptors (Lipinski definition) is 4. The quantitative estimate of drug-likeness (QED) is 0.716. The molecule has 0 fully saturated rings. The first-order chi connectivity index (χ1) is 11.1. The van der Waals surface area contributed by atoms with Crippen LogP contribution in [0.1, 0.15) is 12.5 Å². The number of amides is 2. The molecule has 122 valence electrons. The summed E-state index contributed by atoms with van der Waals surface area (Å²) in [6.45, 7) is 2.10. The third-order valence-electron chi connectivity index (χ3n) is 3.07. The number of rotatable bonds is 6. The van der Waals surface area contributed by atoms with E-state index in [1.54, 1.807) is 26.2 Å². The van der Waals surface area contributed by atoms with Crippen molar-refractivity contribution in [1.82, 2.24) is 10.6 Å². The molecule has 2 rings (SSSR count). The minimum atomic E-state index is -0.509. The van der Waals surface area contributed by atoms with E-state index in [2.05, 4.69) is 10.6 Å². The number of nitrogens with one attached hydrogen (secondary N) is 2. The highest BCUT2D eigenvalue weighted by Crippen LogP contribution is 2.16. The summed E-state index contributed by atoms with van der Waals surface area (Å²) in [5.74, 6) is 1.46. The Morgan fingerprint density at radius 1 is 1.17 bits per heavy atom. The Labute approximate surface area is 135 Å². The fraction of sp³-hybridized carbons (Fsp3) is 0.235. The van der Waals surface area contributed by atoms with E-state index < -0.39 is 6.23 Å². The molecule has 2 aromatic rings. The fourth-order valence-electron chi connectivity index (χ4n) is 1.96. The Bertz CT molecular complexity index is 643. The van der Waals surface area contributed by atoms with Crippen molar-refractivity contribution in [2.24, 2.45) is 0 Å². The Morgan fingerprint density at radius 2 is 1.91 bits per heavy atom. The molecule has 0 aliphatic carbocycles. The number of phenols is 1. The van der Waals surface area contributed by atoms with Gasteiger partial charge in [-0.25, -0.2) is 4.79 Å². The number of benzene rings is 2. The molecule has 2 amide bonds. The molecule has 0 aromatic heterocycles. The normalized spacial score (nSPS) is 11.4. The minimum absolute atomic E-state index is 0.161. The van der Waals surface area contributed by atoms with Crippen molar-refractivity contribution in [3.05, 3.63) is 54.1 Å². The van der Waals surface area contributed by atoms with Gasteiger partial charge in [-0.1, -0.05) is 12.1 Å². The summed E-state index contributed by atoms with van der Waals surface area (Å²) in [6, 6.07) is 13.4. The molecule has 0 saturated carbocycles. The highest BCUT2D eigenvalue weighted by molar-refractivity contribution is 5.74. The van der Waals surface area contributed by atoms with Gasteiger partial charge in [-0.15, -0.1) is 0 Å². The van der Waals surface area contributed by atoms with Crippen LogP contribution in [-0.4, -0.2) is 24.5 Å². The molecule has 0 heterocycles. The van der Waals surface area contributed by atoms with E-state index in [-0.39, 0.29) is 11.8 Å². The van der Waals surface area contributed by atoms with Gasteiger partial charge in [0.1, 0.15) is 17.2 Å². The molecule has 6 heteroatoms. The van der Waals surface area contributed by atoms with E-state index in [0.29, 0.717) is 12.3 Å². The van der Waals surface area contributed by atoms with Crippen LogP contribution in [0.25, 0.3) is 0 Å². The molecule has 0 aliphatic rings. The maximum Gasteiger partial charge on any atom is 0.317 e. The van der Waals surface area contributed by atoms with Gasteiger partial charge < -0.3 is 25.2 Å². The van der Waals surface area contributed by atoms with Crippen molar-refractivity contribution in [3.8, 4) is 17.2 Å². The number of carbonyl (C=O) groups excluding carboxylic acids is 1. The van der Waals surface area contributed by atoms with Crippen LogP contribution < -0.4 is 20.1 Å². The molecule has 0 bridgehead atoms. The average Bonchev–Trinajstić information content (AvgIpc) is 2.55. The zero-order valence-corrected chi connectivity index (χ0v) is 13.1. The SMILES string of the molecule is COc1cccc(CNC(=O)NC(C)Oc2ccc(O)cc2)c1. The van der Waals surface area contributed by atoms with Gasteiger partial charge in [-0.05, 0) is 48.9 Å². The Balaban J connectivity index is 1.78. The zero-order valence-electron chi connectivity index (χ0n) is 13.1. The third-order valence-corrected chi connectivity index (χ3v) is 3.07. The van der Waals surface area contributed by atoms with Crippen LogP contribution in [0.15, 0.2) is 48.5 Å². The summed E-state index contributed by atoms with van der Waals surface area (Å²) in [7, 11) is 1.60. The van der Waals surface area contributed by atoms with Gasteiger partial charge in [-0.3, -0.25) is 0 Å². The van der Waals surface area contributed by atoms with Gasteiger partial charge in [0, 0.05) is 6.54 Å². The summed E-state index contributed by atoms with van der Waals surface area (Å²) in [5, 5.41) is 14.6. The van der Waals surface area contributed by atoms with E-state index >= 15 is 0 Å². The number of phenolic OH excluding ortho intramolecular Hbond substituents is 1. The van der Waals surface area contributed by atoms with E-state index in [4.69, 9.17) is 9.47 Å². The van der Waals surface area contributed by atoms with E-state index in [9.17, 15) is 9.90 Å². The van der Waals surface area contributed by atoms with Crippen molar-refractivity contribution in [1.29, 1.82) is 0 Å². The summed E-state index contributed by atoms with van der Waals surface area (Å²) >= 11 is 0. The van der Waals surface area contributed by atoms with Crippen molar-refractivity contribution in [2.75, 3.05) is 7.11 Å². The number of hydrogen-bond donors (Lipinski definition) is 3. The molecule has 0 radical (unpaired) electrons. The van der Waals surface area contributed by atoms with Crippen molar-refractivity contribution < 1.29 is 19.4 Å². The number of urea groups is 1. The lowest BCUT2D eigenvalue weighted by Crippen LogP contribution is -2.43. The molecule has 0 spiro atoms. The first-order valence-electron chi connectivity index (χ1n) is 7.20. The van der Waals surface area contributed by atoms with E-state index in [1.807, 2.05) is 24.3 Å². The molecule has 23 heavy (non-hydrogen) atoms. The van der Waals surface area contributed by atoms with Gasteiger partial charge in [0.2, 0.25) is 0 Å². The minimum Gasteiger partial charge on any atom is -0.508 e. The van der Waals surface area contributed by atoms with Crippen LogP contribution in [0.5, 0.6) is 17.2 Å². The van der Waals surface area contributed by atoms with Crippen LogP contribution in [0.4, 0.5) is 4.79 Å². The lowest BCUT2D eigenvalue weighted by atomic mass is 10.2. The highest BCUT2D eigenvalue weighted by atomic mass is 16.5. The van der Waals surface area contributed by atoms with E-state index in [1.165, 1.54) is 12.1 Å². The number of ether oxygens (including phenoxy) is 2. The number of aromatic hydroxyl groups is 1. The summed E-state index contributed by atoms with van der Waals surface area (Å²) < 4.78 is 10.7.